The molecule has 16 heavy (non-hydrogen) atoms. The number of rotatable bonds is 0. The number of aryl methyl sites for hydroxylation is 1. The molecule has 0 spiro atoms. The SMILES string of the molecule is Cn1ccc2c3c(ccc21)C(N)=NC(N)N3. The molecule has 0 amide bonds. The van der Waals surface area contributed by atoms with Gasteiger partial charge in [-0.15, -0.1) is 0 Å². The van der Waals surface area contributed by atoms with Crippen molar-refractivity contribution in [2.75, 3.05) is 5.32 Å². The van der Waals surface area contributed by atoms with E-state index in [2.05, 4.69) is 14.9 Å². The predicted octanol–water partition coefficient (Wildman–Crippen LogP) is 0.551. The zero-order valence-electron chi connectivity index (χ0n) is 8.94. The van der Waals surface area contributed by atoms with Crippen LogP contribution in [0.5, 0.6) is 0 Å². The minimum atomic E-state index is -0.460. The van der Waals surface area contributed by atoms with E-state index in [0.29, 0.717) is 5.84 Å². The van der Waals surface area contributed by atoms with Crippen molar-refractivity contribution in [3.63, 3.8) is 0 Å². The van der Waals surface area contributed by atoms with Crippen LogP contribution in [0, 0.1) is 0 Å². The van der Waals surface area contributed by atoms with E-state index in [9.17, 15) is 0 Å². The van der Waals surface area contributed by atoms with Crippen LogP contribution in [0.2, 0.25) is 0 Å². The second-order valence-electron chi connectivity index (χ2n) is 3.95. The fraction of sp³-hybridized carbons (Fsp3) is 0.182. The minimum absolute atomic E-state index is 0.460. The Hall–Kier alpha value is -2.01. The van der Waals surface area contributed by atoms with Crippen molar-refractivity contribution in [2.24, 2.45) is 23.5 Å². The molecule has 0 bridgehead atoms. The van der Waals surface area contributed by atoms with Crippen molar-refractivity contribution in [1.29, 1.82) is 0 Å². The van der Waals surface area contributed by atoms with Crippen LogP contribution in [0.15, 0.2) is 29.4 Å². The molecule has 0 saturated heterocycles. The van der Waals surface area contributed by atoms with Gasteiger partial charge < -0.3 is 15.6 Å². The average Bonchev–Trinajstić information content (AvgIpc) is 2.60. The Balaban J connectivity index is 2.35. The Morgan fingerprint density at radius 3 is 3.00 bits per heavy atom. The highest BCUT2D eigenvalue weighted by molar-refractivity contribution is 6.10. The van der Waals surface area contributed by atoms with Crippen LogP contribution in [-0.2, 0) is 7.05 Å². The van der Waals surface area contributed by atoms with E-state index >= 15 is 0 Å². The lowest BCUT2D eigenvalue weighted by molar-refractivity contribution is 0.800. The summed E-state index contributed by atoms with van der Waals surface area (Å²) in [6.07, 6.45) is 1.55. The van der Waals surface area contributed by atoms with Crippen LogP contribution in [0.1, 0.15) is 5.56 Å². The highest BCUT2D eigenvalue weighted by atomic mass is 15.2. The summed E-state index contributed by atoms with van der Waals surface area (Å²) < 4.78 is 2.06. The quantitative estimate of drug-likeness (QED) is 0.600. The van der Waals surface area contributed by atoms with Gasteiger partial charge >= 0.3 is 0 Å². The number of aromatic nitrogens is 1. The number of nitrogens with zero attached hydrogens (tertiary/aromatic N) is 2. The van der Waals surface area contributed by atoms with Gasteiger partial charge in [0, 0.05) is 29.7 Å². The minimum Gasteiger partial charge on any atom is -0.383 e. The molecule has 82 valence electrons. The van der Waals surface area contributed by atoms with E-state index in [1.54, 1.807) is 0 Å². The predicted molar refractivity (Wildman–Crippen MR) is 65.2 cm³/mol. The van der Waals surface area contributed by atoms with Crippen LogP contribution in [-0.4, -0.2) is 16.7 Å². The first-order chi connectivity index (χ1) is 7.66. The largest absolute Gasteiger partial charge is 0.383 e. The number of anilines is 1. The Morgan fingerprint density at radius 1 is 1.38 bits per heavy atom. The third-order valence-electron chi connectivity index (χ3n) is 2.91. The van der Waals surface area contributed by atoms with Crippen molar-refractivity contribution in [3.05, 3.63) is 30.0 Å². The van der Waals surface area contributed by atoms with Gasteiger partial charge in [0.05, 0.1) is 5.69 Å². The summed E-state index contributed by atoms with van der Waals surface area (Å²) in [5.74, 6) is 0.493. The second kappa shape index (κ2) is 2.99. The summed E-state index contributed by atoms with van der Waals surface area (Å²) in [6, 6.07) is 6.05. The number of hydrogen-bond acceptors (Lipinski definition) is 4. The molecule has 5 nitrogen and oxygen atoms in total. The van der Waals surface area contributed by atoms with Crippen LogP contribution < -0.4 is 16.8 Å². The van der Waals surface area contributed by atoms with Gasteiger partial charge in [0.2, 0.25) is 0 Å². The summed E-state index contributed by atoms with van der Waals surface area (Å²) in [4.78, 5) is 4.09. The molecule has 5 N–H and O–H groups in total. The fourth-order valence-corrected chi connectivity index (χ4v) is 2.12. The average molecular weight is 215 g/mol. The molecule has 1 aromatic heterocycles. The van der Waals surface area contributed by atoms with E-state index in [0.717, 1.165) is 22.2 Å². The number of nitrogens with one attached hydrogen (secondary N) is 1. The van der Waals surface area contributed by atoms with Crippen LogP contribution in [0.4, 0.5) is 5.69 Å². The molecule has 0 saturated carbocycles. The molecule has 5 heteroatoms. The van der Waals surface area contributed by atoms with Crippen LogP contribution in [0.3, 0.4) is 0 Å². The van der Waals surface area contributed by atoms with E-state index in [-0.39, 0.29) is 0 Å². The number of amidine groups is 1. The first kappa shape index (κ1) is 9.23. The van der Waals surface area contributed by atoms with Crippen molar-refractivity contribution in [2.45, 2.75) is 6.29 Å². The van der Waals surface area contributed by atoms with Gasteiger partial charge in [-0.3, -0.25) is 5.73 Å². The third-order valence-corrected chi connectivity index (χ3v) is 2.91. The molecule has 1 aliphatic rings. The lowest BCUT2D eigenvalue weighted by Gasteiger charge is -2.21. The molecular formula is C11H13N5. The normalized spacial score (nSPS) is 19.1. The van der Waals surface area contributed by atoms with Crippen molar-refractivity contribution >= 4 is 22.4 Å². The van der Waals surface area contributed by atoms with Crippen LogP contribution >= 0.6 is 0 Å². The molecule has 1 aromatic carbocycles. The zero-order valence-corrected chi connectivity index (χ0v) is 8.94. The maximum atomic E-state index is 5.86. The van der Waals surface area contributed by atoms with Gasteiger partial charge in [0.1, 0.15) is 5.84 Å². The maximum absolute atomic E-state index is 5.86. The number of benzene rings is 1. The Morgan fingerprint density at radius 2 is 2.19 bits per heavy atom. The van der Waals surface area contributed by atoms with E-state index in [4.69, 9.17) is 11.5 Å². The number of nitrogens with two attached hydrogens (primary N) is 2. The van der Waals surface area contributed by atoms with Gasteiger partial charge in [-0.1, -0.05) is 0 Å². The van der Waals surface area contributed by atoms with Gasteiger partial charge in [0.25, 0.3) is 0 Å². The molecular weight excluding hydrogens is 202 g/mol. The molecule has 0 aliphatic carbocycles. The zero-order chi connectivity index (χ0) is 11.3. The van der Waals surface area contributed by atoms with Crippen molar-refractivity contribution in [3.8, 4) is 0 Å². The Kier molecular flexibility index (Phi) is 1.73. The lowest BCUT2D eigenvalue weighted by atomic mass is 10.1. The standard InChI is InChI=1S/C11H13N5/c1-16-5-4-6-8(16)3-2-7-9(6)14-11(13)15-10(7)12/h2-5,11,14H,13H2,1H3,(H2,12,15). The van der Waals surface area contributed by atoms with E-state index < -0.39 is 6.29 Å². The Labute approximate surface area is 92.7 Å². The van der Waals surface area contributed by atoms with E-state index in [1.807, 2.05) is 31.4 Å². The van der Waals surface area contributed by atoms with Crippen molar-refractivity contribution < 1.29 is 0 Å². The van der Waals surface area contributed by atoms with Gasteiger partial charge in [0.15, 0.2) is 6.29 Å². The molecule has 3 rings (SSSR count). The monoisotopic (exact) mass is 215 g/mol. The van der Waals surface area contributed by atoms with Crippen molar-refractivity contribution in [1.82, 2.24) is 4.57 Å². The van der Waals surface area contributed by atoms with E-state index in [1.165, 1.54) is 0 Å². The molecule has 0 radical (unpaired) electrons. The molecule has 2 aromatic rings. The molecule has 1 atom stereocenters. The van der Waals surface area contributed by atoms with Gasteiger partial charge in [-0.25, -0.2) is 4.99 Å². The molecule has 1 aliphatic heterocycles. The second-order valence-corrected chi connectivity index (χ2v) is 3.95. The van der Waals surface area contributed by atoms with Gasteiger partial charge in [-0.2, -0.15) is 0 Å². The topological polar surface area (TPSA) is 81.4 Å². The lowest BCUT2D eigenvalue weighted by Crippen LogP contribution is -2.35. The third kappa shape index (κ3) is 1.12. The fourth-order valence-electron chi connectivity index (χ4n) is 2.12. The van der Waals surface area contributed by atoms with Gasteiger partial charge in [-0.05, 0) is 18.2 Å². The highest BCUT2D eigenvalue weighted by Gasteiger charge is 2.18. The summed E-state index contributed by atoms with van der Waals surface area (Å²) in [5, 5.41) is 4.26. The summed E-state index contributed by atoms with van der Waals surface area (Å²) in [7, 11) is 2.01. The number of fused-ring (bicyclic) bond motifs is 3. The maximum Gasteiger partial charge on any atom is 0.173 e. The Bertz CT molecular complexity index is 596. The molecule has 0 fully saturated rings. The highest BCUT2D eigenvalue weighted by Crippen LogP contribution is 2.30. The summed E-state index contributed by atoms with van der Waals surface area (Å²) >= 11 is 0. The number of hydrogen-bond donors (Lipinski definition) is 3. The first-order valence-electron chi connectivity index (χ1n) is 5.10. The molecule has 1 unspecified atom stereocenters. The smallest absolute Gasteiger partial charge is 0.173 e. The summed E-state index contributed by atoms with van der Waals surface area (Å²) in [5.41, 5.74) is 14.6. The summed E-state index contributed by atoms with van der Waals surface area (Å²) in [6.45, 7) is 0. The number of aliphatic imine (C=N–C) groups is 1. The molecule has 2 heterocycles. The van der Waals surface area contributed by atoms with Crippen LogP contribution in [0.25, 0.3) is 10.9 Å². The first-order valence-corrected chi connectivity index (χ1v) is 5.10.